The van der Waals surface area contributed by atoms with Crippen molar-refractivity contribution < 1.29 is 4.79 Å². The molecule has 0 fully saturated rings. The van der Waals surface area contributed by atoms with Crippen molar-refractivity contribution >= 4 is 22.6 Å². The second kappa shape index (κ2) is 5.07. The molecule has 1 aliphatic rings. The molecule has 0 spiro atoms. The molecule has 0 saturated heterocycles. The van der Waals surface area contributed by atoms with Gasteiger partial charge in [-0.25, -0.2) is 0 Å². The van der Waals surface area contributed by atoms with E-state index in [2.05, 4.69) is 18.2 Å². The monoisotopic (exact) mass is 246 g/mol. The third-order valence-corrected chi connectivity index (χ3v) is 3.33. The Morgan fingerprint density at radius 1 is 0.947 bits per heavy atom. The first-order chi connectivity index (χ1) is 9.34. The summed E-state index contributed by atoms with van der Waals surface area (Å²) in [6.45, 7) is 0. The highest BCUT2D eigenvalue weighted by molar-refractivity contribution is 6.00. The van der Waals surface area contributed by atoms with Crippen LogP contribution in [0.2, 0.25) is 0 Å². The number of benzene rings is 2. The van der Waals surface area contributed by atoms with Gasteiger partial charge in [0.15, 0.2) is 5.78 Å². The molecule has 19 heavy (non-hydrogen) atoms. The molecule has 0 bridgehead atoms. The average Bonchev–Trinajstić information content (AvgIpc) is 2.99. The van der Waals surface area contributed by atoms with Crippen molar-refractivity contribution in [2.75, 3.05) is 0 Å². The minimum atomic E-state index is -0.0915. The maximum atomic E-state index is 12.0. The molecule has 0 N–H and O–H groups in total. The van der Waals surface area contributed by atoms with Gasteiger partial charge in [0.2, 0.25) is 0 Å². The van der Waals surface area contributed by atoms with Gasteiger partial charge in [0.05, 0.1) is 5.92 Å². The Kier molecular flexibility index (Phi) is 3.11. The van der Waals surface area contributed by atoms with Crippen LogP contribution in [-0.2, 0) is 4.79 Å². The van der Waals surface area contributed by atoms with Crippen LogP contribution in [-0.4, -0.2) is 5.78 Å². The molecule has 92 valence electrons. The molecule has 0 saturated carbocycles. The number of ketones is 1. The highest BCUT2D eigenvalue weighted by Gasteiger charge is 2.10. The van der Waals surface area contributed by atoms with E-state index in [1.54, 1.807) is 6.08 Å². The van der Waals surface area contributed by atoms with Crippen molar-refractivity contribution in [2.45, 2.75) is 0 Å². The van der Waals surface area contributed by atoms with E-state index in [1.807, 2.05) is 54.6 Å². The Morgan fingerprint density at radius 2 is 1.68 bits per heavy atom. The number of allylic oxidation sites excluding steroid dienone is 5. The van der Waals surface area contributed by atoms with Crippen LogP contribution in [0.5, 0.6) is 0 Å². The summed E-state index contributed by atoms with van der Waals surface area (Å²) in [5, 5.41) is 2.37. The lowest BCUT2D eigenvalue weighted by atomic mass is 10.0. The summed E-state index contributed by atoms with van der Waals surface area (Å²) in [4.78, 5) is 12.0. The van der Waals surface area contributed by atoms with Gasteiger partial charge >= 0.3 is 0 Å². The molecular weight excluding hydrogens is 232 g/mol. The molecule has 2 aromatic rings. The van der Waals surface area contributed by atoms with Crippen molar-refractivity contribution in [2.24, 2.45) is 5.92 Å². The van der Waals surface area contributed by atoms with Gasteiger partial charge in [0.25, 0.3) is 0 Å². The maximum Gasteiger partial charge on any atom is 0.166 e. The lowest BCUT2D eigenvalue weighted by Gasteiger charge is -2.02. The van der Waals surface area contributed by atoms with E-state index in [1.165, 1.54) is 10.8 Å². The summed E-state index contributed by atoms with van der Waals surface area (Å²) < 4.78 is 0. The molecular formula is C18H14O. The Hall–Kier alpha value is -2.41. The predicted molar refractivity (Wildman–Crippen MR) is 79.8 cm³/mol. The van der Waals surface area contributed by atoms with Crippen LogP contribution in [0, 0.1) is 5.92 Å². The third kappa shape index (κ3) is 2.41. The van der Waals surface area contributed by atoms with Crippen LogP contribution in [0.3, 0.4) is 0 Å². The Balaban J connectivity index is 1.91. The zero-order valence-corrected chi connectivity index (χ0v) is 10.5. The fourth-order valence-electron chi connectivity index (χ4n) is 2.30. The smallest absolute Gasteiger partial charge is 0.166 e. The number of carbonyl (C=O) groups is 1. The molecule has 3 rings (SSSR count). The Morgan fingerprint density at radius 3 is 2.53 bits per heavy atom. The first kappa shape index (κ1) is 11.7. The molecule has 2 aromatic carbocycles. The maximum absolute atomic E-state index is 12.0. The van der Waals surface area contributed by atoms with Crippen LogP contribution >= 0.6 is 0 Å². The van der Waals surface area contributed by atoms with E-state index in [9.17, 15) is 4.79 Å². The predicted octanol–water partition coefficient (Wildman–Crippen LogP) is 4.16. The number of fused-ring (bicyclic) bond motifs is 1. The van der Waals surface area contributed by atoms with Crippen LogP contribution in [0.25, 0.3) is 16.8 Å². The van der Waals surface area contributed by atoms with Gasteiger partial charge in [-0.3, -0.25) is 4.79 Å². The average molecular weight is 246 g/mol. The number of rotatable bonds is 3. The Bertz CT molecular complexity index is 687. The number of hydrogen-bond donors (Lipinski definition) is 0. The lowest BCUT2D eigenvalue weighted by molar-refractivity contribution is -0.115. The minimum Gasteiger partial charge on any atom is -0.294 e. The van der Waals surface area contributed by atoms with E-state index >= 15 is 0 Å². The van der Waals surface area contributed by atoms with E-state index < -0.39 is 0 Å². The quantitative estimate of drug-likeness (QED) is 0.743. The van der Waals surface area contributed by atoms with Gasteiger partial charge in [0.1, 0.15) is 0 Å². The molecule has 1 heteroatoms. The molecule has 1 aliphatic carbocycles. The Labute approximate surface area is 112 Å². The first-order valence-corrected chi connectivity index (χ1v) is 6.39. The van der Waals surface area contributed by atoms with Gasteiger partial charge in [0, 0.05) is 0 Å². The van der Waals surface area contributed by atoms with Crippen molar-refractivity contribution in [1.29, 1.82) is 0 Å². The van der Waals surface area contributed by atoms with Crippen LogP contribution in [0.15, 0.2) is 72.8 Å². The molecule has 1 nitrogen and oxygen atoms in total. The van der Waals surface area contributed by atoms with Crippen molar-refractivity contribution in [1.82, 2.24) is 0 Å². The van der Waals surface area contributed by atoms with Crippen molar-refractivity contribution in [3.8, 4) is 0 Å². The highest BCUT2D eigenvalue weighted by Crippen LogP contribution is 2.20. The fourth-order valence-corrected chi connectivity index (χ4v) is 2.30. The summed E-state index contributed by atoms with van der Waals surface area (Å²) >= 11 is 0. The normalized spacial score (nSPS) is 14.7. The molecule has 0 radical (unpaired) electrons. The second-order valence-corrected chi connectivity index (χ2v) is 4.60. The molecule has 0 atom stereocenters. The van der Waals surface area contributed by atoms with E-state index in [4.69, 9.17) is 0 Å². The van der Waals surface area contributed by atoms with Crippen molar-refractivity contribution in [3.63, 3.8) is 0 Å². The SMILES string of the molecule is O=C(/C=C/c1cccc2ccccc12)C1C=CC=C1. The van der Waals surface area contributed by atoms with E-state index in [-0.39, 0.29) is 11.7 Å². The van der Waals surface area contributed by atoms with Crippen LogP contribution in [0.4, 0.5) is 0 Å². The first-order valence-electron chi connectivity index (χ1n) is 6.39. The van der Waals surface area contributed by atoms with E-state index in [0.717, 1.165) is 5.56 Å². The fraction of sp³-hybridized carbons (Fsp3) is 0.0556. The summed E-state index contributed by atoms with van der Waals surface area (Å²) in [6, 6.07) is 14.3. The van der Waals surface area contributed by atoms with Gasteiger partial charge < -0.3 is 0 Å². The van der Waals surface area contributed by atoms with Crippen LogP contribution < -0.4 is 0 Å². The summed E-state index contributed by atoms with van der Waals surface area (Å²) in [5.41, 5.74) is 1.08. The molecule has 0 aliphatic heterocycles. The molecule has 0 unspecified atom stereocenters. The third-order valence-electron chi connectivity index (χ3n) is 3.33. The standard InChI is InChI=1S/C18H14O/c19-18(16-7-1-2-8-16)13-12-15-10-5-9-14-6-3-4-11-17(14)15/h1-13,16H/b13-12+. The van der Waals surface area contributed by atoms with Gasteiger partial charge in [-0.1, -0.05) is 72.8 Å². The lowest BCUT2D eigenvalue weighted by Crippen LogP contribution is -2.03. The summed E-state index contributed by atoms with van der Waals surface area (Å²) in [7, 11) is 0. The zero-order chi connectivity index (χ0) is 13.1. The van der Waals surface area contributed by atoms with Gasteiger partial charge in [-0.15, -0.1) is 0 Å². The second-order valence-electron chi connectivity index (χ2n) is 4.60. The zero-order valence-electron chi connectivity index (χ0n) is 10.5. The molecule has 0 aromatic heterocycles. The van der Waals surface area contributed by atoms with Gasteiger partial charge in [-0.2, -0.15) is 0 Å². The summed E-state index contributed by atoms with van der Waals surface area (Å²) in [5.74, 6) is 0.0316. The van der Waals surface area contributed by atoms with Crippen molar-refractivity contribution in [3.05, 3.63) is 78.4 Å². The van der Waals surface area contributed by atoms with E-state index in [0.29, 0.717) is 0 Å². The summed E-state index contributed by atoms with van der Waals surface area (Å²) in [6.07, 6.45) is 11.2. The van der Waals surface area contributed by atoms with Crippen LogP contribution in [0.1, 0.15) is 5.56 Å². The number of hydrogen-bond acceptors (Lipinski definition) is 1. The highest BCUT2D eigenvalue weighted by atomic mass is 16.1. The largest absolute Gasteiger partial charge is 0.294 e. The topological polar surface area (TPSA) is 17.1 Å². The number of carbonyl (C=O) groups excluding carboxylic acids is 1. The minimum absolute atomic E-state index is 0.0915. The molecule has 0 heterocycles. The molecule has 0 amide bonds. The van der Waals surface area contributed by atoms with Gasteiger partial charge in [-0.05, 0) is 22.4 Å².